The fraction of sp³-hybridized carbons (Fsp3) is 0.417. The number of ketones is 1. The van der Waals surface area contributed by atoms with E-state index in [1.54, 1.807) is 24.3 Å². The molecule has 0 aliphatic carbocycles. The van der Waals surface area contributed by atoms with Gasteiger partial charge in [0.05, 0.1) is 6.54 Å². The van der Waals surface area contributed by atoms with E-state index in [0.29, 0.717) is 12.1 Å². The summed E-state index contributed by atoms with van der Waals surface area (Å²) in [5.41, 5.74) is 0.677. The fourth-order valence-corrected chi connectivity index (χ4v) is 2.68. The zero-order chi connectivity index (χ0) is 11.4. The molecule has 3 nitrogen and oxygen atoms in total. The van der Waals surface area contributed by atoms with Crippen molar-refractivity contribution in [3.63, 3.8) is 0 Å². The quantitative estimate of drug-likeness (QED) is 0.811. The topological polar surface area (TPSA) is 40.5 Å². The molecule has 0 unspecified atom stereocenters. The molecule has 1 aliphatic heterocycles. The first-order valence-corrected chi connectivity index (χ1v) is 6.53. The van der Waals surface area contributed by atoms with Gasteiger partial charge in [0.15, 0.2) is 5.78 Å². The van der Waals surface area contributed by atoms with Crippen molar-refractivity contribution in [3.8, 4) is 5.75 Å². The summed E-state index contributed by atoms with van der Waals surface area (Å²) in [4.78, 5) is 14.1. The number of benzene rings is 1. The standard InChI is InChI=1S/C12H15NO2S/c14-11-3-1-10(2-4-11)12(15)9-13-5-7-16-8-6-13/h1-4,14H,5-9H2. The van der Waals surface area contributed by atoms with Crippen LogP contribution in [0.2, 0.25) is 0 Å². The Morgan fingerprint density at radius 1 is 1.25 bits per heavy atom. The Kier molecular flexibility index (Phi) is 3.85. The third-order valence-corrected chi connectivity index (χ3v) is 3.60. The molecule has 1 fully saturated rings. The number of nitrogens with zero attached hydrogens (tertiary/aromatic N) is 1. The molecule has 1 heterocycles. The number of rotatable bonds is 3. The normalized spacial score (nSPS) is 17.2. The van der Waals surface area contributed by atoms with Gasteiger partial charge in [-0.05, 0) is 24.3 Å². The van der Waals surface area contributed by atoms with Gasteiger partial charge in [-0.3, -0.25) is 9.69 Å². The number of Topliss-reactive ketones (excluding diaryl/α,β-unsaturated/α-hetero) is 1. The molecule has 0 saturated carbocycles. The lowest BCUT2D eigenvalue weighted by molar-refractivity contribution is 0.0937. The smallest absolute Gasteiger partial charge is 0.176 e. The average molecular weight is 237 g/mol. The molecule has 1 N–H and O–H groups in total. The summed E-state index contributed by atoms with van der Waals surface area (Å²) >= 11 is 1.94. The van der Waals surface area contributed by atoms with Crippen molar-refractivity contribution in [3.05, 3.63) is 29.8 Å². The van der Waals surface area contributed by atoms with Crippen LogP contribution in [0.15, 0.2) is 24.3 Å². The van der Waals surface area contributed by atoms with Crippen molar-refractivity contribution >= 4 is 17.5 Å². The monoisotopic (exact) mass is 237 g/mol. The van der Waals surface area contributed by atoms with Crippen LogP contribution in [0.5, 0.6) is 5.75 Å². The third-order valence-electron chi connectivity index (χ3n) is 2.66. The van der Waals surface area contributed by atoms with Gasteiger partial charge in [-0.25, -0.2) is 0 Å². The van der Waals surface area contributed by atoms with Crippen molar-refractivity contribution in [1.29, 1.82) is 0 Å². The van der Waals surface area contributed by atoms with E-state index in [9.17, 15) is 4.79 Å². The lowest BCUT2D eigenvalue weighted by atomic mass is 10.1. The Bertz CT molecular complexity index is 358. The second-order valence-corrected chi connectivity index (χ2v) is 5.08. The van der Waals surface area contributed by atoms with Crippen LogP contribution in [-0.4, -0.2) is 46.9 Å². The molecule has 0 amide bonds. The lowest BCUT2D eigenvalue weighted by Crippen LogP contribution is -2.36. The first kappa shape index (κ1) is 11.5. The van der Waals surface area contributed by atoms with Crippen LogP contribution in [0.25, 0.3) is 0 Å². The number of hydrogen-bond acceptors (Lipinski definition) is 4. The van der Waals surface area contributed by atoms with Gasteiger partial charge in [-0.15, -0.1) is 0 Å². The molecular weight excluding hydrogens is 222 g/mol. The van der Waals surface area contributed by atoms with E-state index in [2.05, 4.69) is 4.90 Å². The molecule has 1 aliphatic rings. The molecule has 0 spiro atoms. The summed E-state index contributed by atoms with van der Waals surface area (Å²) in [6.07, 6.45) is 0. The van der Waals surface area contributed by atoms with Crippen LogP contribution in [0.4, 0.5) is 0 Å². The number of aromatic hydroxyl groups is 1. The van der Waals surface area contributed by atoms with E-state index < -0.39 is 0 Å². The molecule has 2 rings (SSSR count). The molecule has 0 atom stereocenters. The molecule has 86 valence electrons. The van der Waals surface area contributed by atoms with E-state index in [-0.39, 0.29) is 11.5 Å². The van der Waals surface area contributed by atoms with Crippen LogP contribution in [-0.2, 0) is 0 Å². The maximum atomic E-state index is 11.9. The van der Waals surface area contributed by atoms with Crippen LogP contribution in [0.3, 0.4) is 0 Å². The lowest BCUT2D eigenvalue weighted by Gasteiger charge is -2.25. The maximum Gasteiger partial charge on any atom is 0.176 e. The second kappa shape index (κ2) is 5.37. The molecule has 1 aromatic rings. The summed E-state index contributed by atoms with van der Waals surface area (Å²) in [5, 5.41) is 9.14. The Morgan fingerprint density at radius 2 is 1.88 bits per heavy atom. The predicted octanol–water partition coefficient (Wildman–Crippen LogP) is 1.62. The Balaban J connectivity index is 1.94. The number of hydrogen-bond donors (Lipinski definition) is 1. The van der Waals surface area contributed by atoms with Crippen molar-refractivity contribution in [2.45, 2.75) is 0 Å². The molecule has 0 bridgehead atoms. The van der Waals surface area contributed by atoms with E-state index in [1.165, 1.54) is 0 Å². The highest BCUT2D eigenvalue weighted by Crippen LogP contribution is 2.13. The van der Waals surface area contributed by atoms with Crippen LogP contribution < -0.4 is 0 Å². The van der Waals surface area contributed by atoms with Crippen molar-refractivity contribution in [1.82, 2.24) is 4.90 Å². The highest BCUT2D eigenvalue weighted by molar-refractivity contribution is 7.99. The molecular formula is C12H15NO2S. The highest BCUT2D eigenvalue weighted by Gasteiger charge is 2.15. The Morgan fingerprint density at radius 3 is 2.50 bits per heavy atom. The van der Waals surface area contributed by atoms with Crippen molar-refractivity contribution in [2.24, 2.45) is 0 Å². The number of thioether (sulfide) groups is 1. The summed E-state index contributed by atoms with van der Waals surface area (Å²) in [6, 6.07) is 6.46. The fourth-order valence-electron chi connectivity index (χ4n) is 1.70. The molecule has 0 radical (unpaired) electrons. The maximum absolute atomic E-state index is 11.9. The molecule has 1 saturated heterocycles. The summed E-state index contributed by atoms with van der Waals surface area (Å²) in [6.45, 7) is 2.48. The number of phenolic OH excluding ortho intramolecular Hbond substituents is 1. The van der Waals surface area contributed by atoms with E-state index in [0.717, 1.165) is 24.6 Å². The molecule has 1 aromatic carbocycles. The van der Waals surface area contributed by atoms with Gasteiger partial charge in [0, 0.05) is 30.2 Å². The second-order valence-electron chi connectivity index (χ2n) is 3.86. The van der Waals surface area contributed by atoms with Gasteiger partial charge < -0.3 is 5.11 Å². The zero-order valence-corrected chi connectivity index (χ0v) is 9.87. The first-order valence-electron chi connectivity index (χ1n) is 5.38. The summed E-state index contributed by atoms with van der Waals surface area (Å²) < 4.78 is 0. The van der Waals surface area contributed by atoms with E-state index in [1.807, 2.05) is 11.8 Å². The largest absolute Gasteiger partial charge is 0.508 e. The minimum absolute atomic E-state index is 0.131. The van der Waals surface area contributed by atoms with Crippen LogP contribution >= 0.6 is 11.8 Å². The third kappa shape index (κ3) is 3.00. The van der Waals surface area contributed by atoms with Crippen molar-refractivity contribution < 1.29 is 9.90 Å². The van der Waals surface area contributed by atoms with Crippen LogP contribution in [0.1, 0.15) is 10.4 Å². The van der Waals surface area contributed by atoms with Gasteiger partial charge in [0.2, 0.25) is 0 Å². The number of carbonyl (C=O) groups excluding carboxylic acids is 1. The van der Waals surface area contributed by atoms with Gasteiger partial charge in [-0.1, -0.05) is 0 Å². The van der Waals surface area contributed by atoms with Crippen LogP contribution in [0, 0.1) is 0 Å². The minimum atomic E-state index is 0.131. The first-order chi connectivity index (χ1) is 7.75. The summed E-state index contributed by atoms with van der Waals surface area (Å²) in [7, 11) is 0. The number of carbonyl (C=O) groups is 1. The van der Waals surface area contributed by atoms with Crippen molar-refractivity contribution in [2.75, 3.05) is 31.1 Å². The molecule has 0 aromatic heterocycles. The molecule has 4 heteroatoms. The Hall–Kier alpha value is -1.00. The van der Waals surface area contributed by atoms with E-state index >= 15 is 0 Å². The summed E-state index contributed by atoms with van der Waals surface area (Å²) in [5.74, 6) is 2.56. The molecule has 16 heavy (non-hydrogen) atoms. The van der Waals surface area contributed by atoms with Gasteiger partial charge in [0.25, 0.3) is 0 Å². The predicted molar refractivity (Wildman–Crippen MR) is 66.2 cm³/mol. The van der Waals surface area contributed by atoms with Gasteiger partial charge >= 0.3 is 0 Å². The zero-order valence-electron chi connectivity index (χ0n) is 9.06. The van der Waals surface area contributed by atoms with E-state index in [4.69, 9.17) is 5.11 Å². The Labute approximate surface area is 99.5 Å². The SMILES string of the molecule is O=C(CN1CCSCC1)c1ccc(O)cc1. The number of phenols is 1. The minimum Gasteiger partial charge on any atom is -0.508 e. The van der Waals surface area contributed by atoms with Gasteiger partial charge in [0.1, 0.15) is 5.75 Å². The van der Waals surface area contributed by atoms with Gasteiger partial charge in [-0.2, -0.15) is 11.8 Å². The average Bonchev–Trinajstić information content (AvgIpc) is 2.31. The highest BCUT2D eigenvalue weighted by atomic mass is 32.2.